The van der Waals surface area contributed by atoms with Crippen molar-refractivity contribution in [3.63, 3.8) is 0 Å². The Morgan fingerprint density at radius 3 is 1.38 bits per heavy atom. The zero-order valence-electron chi connectivity index (χ0n) is 30.3. The van der Waals surface area contributed by atoms with Crippen LogP contribution in [0.15, 0.2) is 0 Å². The molecule has 0 saturated carbocycles. The number of nitrogens with one attached hydrogen (secondary N) is 1. The number of carboxylic acid groups (broad SMARTS) is 1. The van der Waals surface area contributed by atoms with Gasteiger partial charge in [-0.05, 0) is 12.8 Å². The van der Waals surface area contributed by atoms with Crippen LogP contribution in [-0.4, -0.2) is 64.9 Å². The van der Waals surface area contributed by atoms with Crippen molar-refractivity contribution in [1.29, 1.82) is 0 Å². The first-order valence-electron chi connectivity index (χ1n) is 19.1. The van der Waals surface area contributed by atoms with Gasteiger partial charge in [-0.25, -0.2) is 9.36 Å². The van der Waals surface area contributed by atoms with E-state index >= 15 is 0 Å². The first kappa shape index (κ1) is 46.5. The monoisotopic (exact) mass is 707 g/mol. The van der Waals surface area contributed by atoms with Gasteiger partial charge in [-0.15, -0.1) is 0 Å². The third-order valence-electron chi connectivity index (χ3n) is 8.40. The lowest BCUT2D eigenvalue weighted by molar-refractivity contribution is -0.147. The molecule has 3 atom stereocenters. The fourth-order valence-electron chi connectivity index (χ4n) is 5.37. The topological polar surface area (TPSA) is 169 Å². The van der Waals surface area contributed by atoms with Crippen LogP contribution >= 0.6 is 7.82 Å². The highest BCUT2D eigenvalue weighted by Crippen LogP contribution is 2.43. The summed E-state index contributed by atoms with van der Waals surface area (Å²) < 4.78 is 26.7. The Hall–Kier alpha value is -1.52. The van der Waals surface area contributed by atoms with Gasteiger partial charge in [0.25, 0.3) is 0 Å². The number of aliphatic hydroxyl groups is 1. The number of esters is 1. The lowest BCUT2D eigenvalue weighted by Crippen LogP contribution is -2.43. The lowest BCUT2D eigenvalue weighted by atomic mass is 10.0. The Kier molecular flexibility index (Phi) is 31.6. The predicted molar refractivity (Wildman–Crippen MR) is 190 cm³/mol. The molecule has 0 aliphatic carbocycles. The summed E-state index contributed by atoms with van der Waals surface area (Å²) in [7, 11) is -4.74. The van der Waals surface area contributed by atoms with Gasteiger partial charge < -0.3 is 25.2 Å². The van der Waals surface area contributed by atoms with Crippen LogP contribution in [0.2, 0.25) is 0 Å². The number of aliphatic carboxylic acids is 1. The molecule has 0 aliphatic rings. The van der Waals surface area contributed by atoms with E-state index in [9.17, 15) is 34.1 Å². The van der Waals surface area contributed by atoms with Crippen molar-refractivity contribution >= 4 is 25.7 Å². The Bertz CT molecular complexity index is 844. The van der Waals surface area contributed by atoms with Crippen LogP contribution in [0.1, 0.15) is 181 Å². The van der Waals surface area contributed by atoms with E-state index in [-0.39, 0.29) is 12.8 Å². The zero-order valence-corrected chi connectivity index (χ0v) is 31.2. The fraction of sp³-hybridized carbons (Fsp3) is 0.917. The molecule has 0 fully saturated rings. The number of carboxylic acids is 1. The molecule has 48 heavy (non-hydrogen) atoms. The van der Waals surface area contributed by atoms with Crippen LogP contribution in [0.5, 0.6) is 0 Å². The Labute approximate surface area is 291 Å². The van der Waals surface area contributed by atoms with Gasteiger partial charge in [-0.2, -0.15) is 0 Å². The average Bonchev–Trinajstić information content (AvgIpc) is 3.05. The predicted octanol–water partition coefficient (Wildman–Crippen LogP) is 8.78. The Balaban J connectivity index is 3.95. The van der Waals surface area contributed by atoms with Crippen molar-refractivity contribution in [1.82, 2.24) is 5.32 Å². The molecular weight excluding hydrogens is 637 g/mol. The van der Waals surface area contributed by atoms with E-state index < -0.39 is 57.6 Å². The molecule has 11 nitrogen and oxygen atoms in total. The van der Waals surface area contributed by atoms with Crippen LogP contribution in [0, 0.1) is 0 Å². The number of phosphoric acid groups is 1. The third-order valence-corrected chi connectivity index (χ3v) is 9.35. The van der Waals surface area contributed by atoms with Gasteiger partial charge >= 0.3 is 19.8 Å². The van der Waals surface area contributed by atoms with Crippen molar-refractivity contribution < 1.29 is 47.8 Å². The highest BCUT2D eigenvalue weighted by atomic mass is 31.2. The second-order valence-corrected chi connectivity index (χ2v) is 14.6. The van der Waals surface area contributed by atoms with E-state index in [0.29, 0.717) is 12.8 Å². The number of rotatable bonds is 36. The zero-order chi connectivity index (χ0) is 35.7. The maximum absolute atomic E-state index is 12.2. The number of unbranched alkanes of at least 4 members (excludes halogenated alkanes) is 22. The molecule has 1 amide bonds. The summed E-state index contributed by atoms with van der Waals surface area (Å²) in [6, 6.07) is -1.54. The van der Waals surface area contributed by atoms with Gasteiger partial charge in [0.05, 0.1) is 13.2 Å². The van der Waals surface area contributed by atoms with E-state index in [2.05, 4.69) is 19.2 Å². The molecule has 284 valence electrons. The highest BCUT2D eigenvalue weighted by molar-refractivity contribution is 7.47. The van der Waals surface area contributed by atoms with Gasteiger partial charge in [-0.1, -0.05) is 155 Å². The summed E-state index contributed by atoms with van der Waals surface area (Å²) in [6.07, 6.45) is 27.1. The standard InChI is InChI=1S/C36H70NO10P/c1-3-5-7-9-11-13-14-15-16-17-18-20-21-23-25-27-34(39)37-33(36(41)42)31-47-48(43,44)46-30-32(38)29-45-35(40)28-26-24-22-19-12-10-8-6-4-2/h32-33,38H,3-31H2,1-2H3,(H,37,39)(H,41,42)(H,43,44). The summed E-state index contributed by atoms with van der Waals surface area (Å²) in [5.74, 6) is -2.36. The molecule has 4 N–H and O–H groups in total. The number of hydrogen-bond donors (Lipinski definition) is 4. The summed E-state index contributed by atoms with van der Waals surface area (Å²) in [5, 5.41) is 21.7. The molecule has 0 aromatic heterocycles. The largest absolute Gasteiger partial charge is 0.480 e. The molecule has 0 radical (unpaired) electrons. The fourth-order valence-corrected chi connectivity index (χ4v) is 6.15. The summed E-state index contributed by atoms with van der Waals surface area (Å²) >= 11 is 0. The average molecular weight is 708 g/mol. The van der Waals surface area contributed by atoms with Gasteiger partial charge in [-0.3, -0.25) is 18.6 Å². The lowest BCUT2D eigenvalue weighted by Gasteiger charge is -2.18. The van der Waals surface area contributed by atoms with Gasteiger partial charge in [0.1, 0.15) is 12.7 Å². The maximum atomic E-state index is 12.2. The molecule has 0 bridgehead atoms. The second-order valence-electron chi connectivity index (χ2n) is 13.1. The second kappa shape index (κ2) is 32.7. The van der Waals surface area contributed by atoms with E-state index in [0.717, 1.165) is 38.5 Å². The summed E-state index contributed by atoms with van der Waals surface area (Å²) in [6.45, 7) is 2.56. The summed E-state index contributed by atoms with van der Waals surface area (Å²) in [5.41, 5.74) is 0. The number of hydrogen-bond acceptors (Lipinski definition) is 8. The third kappa shape index (κ3) is 31.7. The molecular formula is C36H70NO10P. The molecule has 0 rings (SSSR count). The smallest absolute Gasteiger partial charge is 0.472 e. The first-order valence-corrected chi connectivity index (χ1v) is 20.6. The van der Waals surface area contributed by atoms with E-state index in [4.69, 9.17) is 13.8 Å². The van der Waals surface area contributed by atoms with Crippen molar-refractivity contribution in [3.05, 3.63) is 0 Å². The first-order chi connectivity index (χ1) is 23.1. The SMILES string of the molecule is CCCCCCCCCCCCCCCCCC(=O)NC(COP(=O)(O)OCC(O)COC(=O)CCCCCCCCCCC)C(=O)O. The van der Waals surface area contributed by atoms with Gasteiger partial charge in [0.2, 0.25) is 5.91 Å². The van der Waals surface area contributed by atoms with Gasteiger partial charge in [0, 0.05) is 12.8 Å². The van der Waals surface area contributed by atoms with E-state index in [1.165, 1.54) is 103 Å². The summed E-state index contributed by atoms with van der Waals surface area (Å²) in [4.78, 5) is 45.6. The Morgan fingerprint density at radius 1 is 0.583 bits per heavy atom. The maximum Gasteiger partial charge on any atom is 0.472 e. The molecule has 0 saturated heterocycles. The van der Waals surface area contributed by atoms with Crippen molar-refractivity contribution in [2.45, 2.75) is 193 Å². The molecule has 0 aromatic rings. The molecule has 3 unspecified atom stereocenters. The minimum atomic E-state index is -4.74. The van der Waals surface area contributed by atoms with E-state index in [1.54, 1.807) is 0 Å². The van der Waals surface area contributed by atoms with Crippen molar-refractivity contribution in [2.75, 3.05) is 19.8 Å². The minimum Gasteiger partial charge on any atom is -0.480 e. The normalized spacial score (nSPS) is 13.9. The van der Waals surface area contributed by atoms with Crippen LogP contribution < -0.4 is 5.32 Å². The molecule has 0 aliphatic heterocycles. The van der Waals surface area contributed by atoms with Crippen molar-refractivity contribution in [3.8, 4) is 0 Å². The molecule has 0 spiro atoms. The highest BCUT2D eigenvalue weighted by Gasteiger charge is 2.28. The number of carbonyl (C=O) groups excluding carboxylic acids is 2. The number of carbonyl (C=O) groups is 3. The van der Waals surface area contributed by atoms with E-state index in [1.807, 2.05) is 0 Å². The molecule has 0 aromatic carbocycles. The van der Waals surface area contributed by atoms with Crippen LogP contribution in [0.3, 0.4) is 0 Å². The van der Waals surface area contributed by atoms with Crippen LogP contribution in [-0.2, 0) is 32.7 Å². The number of ether oxygens (including phenoxy) is 1. The Morgan fingerprint density at radius 2 is 0.958 bits per heavy atom. The molecule has 12 heteroatoms. The van der Waals surface area contributed by atoms with Crippen LogP contribution in [0.25, 0.3) is 0 Å². The quantitative estimate of drug-likeness (QED) is 0.0281. The minimum absolute atomic E-state index is 0.152. The number of aliphatic hydroxyl groups excluding tert-OH is 1. The van der Waals surface area contributed by atoms with Gasteiger partial charge in [0.15, 0.2) is 6.04 Å². The molecule has 0 heterocycles. The number of amides is 1. The number of phosphoric ester groups is 1. The van der Waals surface area contributed by atoms with Crippen LogP contribution in [0.4, 0.5) is 0 Å². The van der Waals surface area contributed by atoms with Crippen molar-refractivity contribution in [2.24, 2.45) is 0 Å².